The summed E-state index contributed by atoms with van der Waals surface area (Å²) in [5.74, 6) is 2.44. The Morgan fingerprint density at radius 2 is 2.00 bits per heavy atom. The van der Waals surface area contributed by atoms with Crippen LogP contribution in [0.5, 0.6) is 5.75 Å². The highest BCUT2D eigenvalue weighted by Gasteiger charge is 2.06. The molecule has 0 atom stereocenters. The van der Waals surface area contributed by atoms with Gasteiger partial charge >= 0.3 is 0 Å². The van der Waals surface area contributed by atoms with Gasteiger partial charge in [0.05, 0.1) is 19.2 Å². The average Bonchev–Trinajstić information content (AvgIpc) is 3.07. The molecule has 0 radical (unpaired) electrons. The molecule has 3 rings (SSSR count). The number of aromatic nitrogens is 3. The molecule has 0 amide bonds. The van der Waals surface area contributed by atoms with Gasteiger partial charge in [-0.2, -0.15) is 0 Å². The molecule has 2 aromatic heterocycles. The third kappa shape index (κ3) is 6.08. The number of guanidine groups is 1. The third-order valence-corrected chi connectivity index (χ3v) is 3.83. The van der Waals surface area contributed by atoms with Crippen LogP contribution in [0.4, 0.5) is 0 Å². The fourth-order valence-electron chi connectivity index (χ4n) is 2.68. The van der Waals surface area contributed by atoms with Gasteiger partial charge in [-0.1, -0.05) is 18.2 Å². The highest BCUT2D eigenvalue weighted by molar-refractivity contribution is 14.0. The molecule has 0 saturated heterocycles. The molecule has 0 bridgehead atoms. The van der Waals surface area contributed by atoms with Crippen molar-refractivity contribution in [3.63, 3.8) is 0 Å². The average molecular weight is 494 g/mol. The second-order valence-electron chi connectivity index (χ2n) is 6.41. The second-order valence-corrected chi connectivity index (χ2v) is 6.41. The van der Waals surface area contributed by atoms with Crippen molar-refractivity contribution >= 4 is 35.6 Å². The molecule has 2 heterocycles. The first-order chi connectivity index (χ1) is 13.2. The van der Waals surface area contributed by atoms with Gasteiger partial charge < -0.3 is 15.4 Å². The van der Waals surface area contributed by atoms with E-state index in [9.17, 15) is 0 Å². The van der Waals surface area contributed by atoms with Crippen molar-refractivity contribution in [1.29, 1.82) is 0 Å². The molecule has 3 aromatic rings. The maximum absolute atomic E-state index is 5.75. The number of halogens is 1. The molecule has 1 aromatic carbocycles. The molecular formula is C20H27IN6O. The van der Waals surface area contributed by atoms with Crippen LogP contribution in [-0.4, -0.2) is 33.2 Å². The summed E-state index contributed by atoms with van der Waals surface area (Å²) in [6.07, 6.45) is 2.11. The highest BCUT2D eigenvalue weighted by Crippen LogP contribution is 2.15. The van der Waals surface area contributed by atoms with Crippen LogP contribution < -0.4 is 15.4 Å². The first-order valence-electron chi connectivity index (χ1n) is 9.22. The van der Waals surface area contributed by atoms with Crippen LogP contribution in [0.2, 0.25) is 0 Å². The summed E-state index contributed by atoms with van der Waals surface area (Å²) < 4.78 is 7.71. The van der Waals surface area contributed by atoms with Gasteiger partial charge in [0.25, 0.3) is 0 Å². The van der Waals surface area contributed by atoms with E-state index in [2.05, 4.69) is 25.8 Å². The Bertz CT molecular complexity index is 908. The lowest BCUT2D eigenvalue weighted by Crippen LogP contribution is -2.37. The minimum absolute atomic E-state index is 0. The maximum Gasteiger partial charge on any atom is 0.191 e. The van der Waals surface area contributed by atoms with Crippen molar-refractivity contribution in [1.82, 2.24) is 25.2 Å². The highest BCUT2D eigenvalue weighted by atomic mass is 127. The van der Waals surface area contributed by atoms with Gasteiger partial charge in [-0.05, 0) is 50.6 Å². The van der Waals surface area contributed by atoms with E-state index in [4.69, 9.17) is 4.74 Å². The van der Waals surface area contributed by atoms with Gasteiger partial charge in [-0.3, -0.25) is 4.40 Å². The number of fused-ring (bicyclic) bond motifs is 1. The largest absolute Gasteiger partial charge is 0.491 e. The van der Waals surface area contributed by atoms with Crippen LogP contribution in [-0.2, 0) is 13.1 Å². The number of nitrogens with zero attached hydrogens (tertiary/aromatic N) is 4. The Hall–Kier alpha value is -2.36. The third-order valence-electron chi connectivity index (χ3n) is 3.83. The summed E-state index contributed by atoms with van der Waals surface area (Å²) in [6, 6.07) is 13.9. The zero-order chi connectivity index (χ0) is 19.1. The molecule has 0 spiro atoms. The zero-order valence-electron chi connectivity index (χ0n) is 16.4. The molecule has 28 heavy (non-hydrogen) atoms. The Labute approximate surface area is 182 Å². The van der Waals surface area contributed by atoms with E-state index in [1.807, 2.05) is 73.8 Å². The van der Waals surface area contributed by atoms with Crippen LogP contribution in [0.1, 0.15) is 32.2 Å². The number of nitrogens with one attached hydrogen (secondary N) is 2. The van der Waals surface area contributed by atoms with Crippen molar-refractivity contribution in [2.75, 3.05) is 6.54 Å². The van der Waals surface area contributed by atoms with E-state index in [0.29, 0.717) is 13.1 Å². The molecule has 0 unspecified atom stereocenters. The van der Waals surface area contributed by atoms with Gasteiger partial charge in [0.15, 0.2) is 17.4 Å². The molecule has 0 saturated carbocycles. The molecule has 0 aliphatic heterocycles. The van der Waals surface area contributed by atoms with Crippen molar-refractivity contribution in [3.05, 3.63) is 60.0 Å². The summed E-state index contributed by atoms with van der Waals surface area (Å²) in [5, 5.41) is 15.0. The fraction of sp³-hybridized carbons (Fsp3) is 0.350. The monoisotopic (exact) mass is 494 g/mol. The van der Waals surface area contributed by atoms with E-state index < -0.39 is 0 Å². The number of pyridine rings is 1. The minimum atomic E-state index is 0. The molecule has 150 valence electrons. The molecule has 0 aliphatic carbocycles. The summed E-state index contributed by atoms with van der Waals surface area (Å²) in [6.45, 7) is 7.96. The lowest BCUT2D eigenvalue weighted by molar-refractivity contribution is 0.242. The van der Waals surface area contributed by atoms with Gasteiger partial charge in [0.1, 0.15) is 5.75 Å². The first kappa shape index (κ1) is 21.9. The Kier molecular flexibility index (Phi) is 8.49. The Balaban J connectivity index is 0.00000280. The maximum atomic E-state index is 5.75. The first-order valence-corrected chi connectivity index (χ1v) is 9.22. The topological polar surface area (TPSA) is 75.8 Å². The molecule has 0 aliphatic rings. The molecule has 0 fully saturated rings. The number of ether oxygens (including phenoxy) is 1. The van der Waals surface area contributed by atoms with Gasteiger partial charge in [0.2, 0.25) is 0 Å². The van der Waals surface area contributed by atoms with Crippen molar-refractivity contribution < 1.29 is 4.74 Å². The van der Waals surface area contributed by atoms with Gasteiger partial charge in [-0.25, -0.2) is 4.99 Å². The molecule has 7 nitrogen and oxygen atoms in total. The molecule has 2 N–H and O–H groups in total. The predicted octanol–water partition coefficient (Wildman–Crippen LogP) is 3.39. The Morgan fingerprint density at radius 1 is 1.14 bits per heavy atom. The molecular weight excluding hydrogens is 467 g/mol. The lowest BCUT2D eigenvalue weighted by Gasteiger charge is -2.12. The fourth-order valence-corrected chi connectivity index (χ4v) is 2.68. The van der Waals surface area contributed by atoms with Crippen molar-refractivity contribution in [2.24, 2.45) is 4.99 Å². The quantitative estimate of drug-likeness (QED) is 0.299. The van der Waals surface area contributed by atoms with Gasteiger partial charge in [0, 0.05) is 12.7 Å². The lowest BCUT2D eigenvalue weighted by atomic mass is 10.2. The summed E-state index contributed by atoms with van der Waals surface area (Å²) in [7, 11) is 0. The SMILES string of the molecule is CCNC(=NCc1cccc(OC(C)C)c1)NCc1nnc2ccccn12.I. The number of rotatable bonds is 7. The smallest absolute Gasteiger partial charge is 0.191 e. The predicted molar refractivity (Wildman–Crippen MR) is 122 cm³/mol. The molecule has 8 heteroatoms. The van der Waals surface area contributed by atoms with Gasteiger partial charge in [-0.15, -0.1) is 34.2 Å². The minimum Gasteiger partial charge on any atom is -0.491 e. The van der Waals surface area contributed by atoms with Crippen LogP contribution >= 0.6 is 24.0 Å². The van der Waals surface area contributed by atoms with E-state index in [0.717, 1.165) is 35.3 Å². The zero-order valence-corrected chi connectivity index (χ0v) is 18.8. The summed E-state index contributed by atoms with van der Waals surface area (Å²) >= 11 is 0. The van der Waals surface area contributed by atoms with Crippen LogP contribution in [0.25, 0.3) is 5.65 Å². The van der Waals surface area contributed by atoms with Crippen LogP contribution in [0, 0.1) is 0 Å². The van der Waals surface area contributed by atoms with Crippen LogP contribution in [0.3, 0.4) is 0 Å². The van der Waals surface area contributed by atoms with E-state index in [1.165, 1.54) is 0 Å². The van der Waals surface area contributed by atoms with E-state index >= 15 is 0 Å². The van der Waals surface area contributed by atoms with Crippen molar-refractivity contribution in [3.8, 4) is 5.75 Å². The number of benzene rings is 1. The summed E-state index contributed by atoms with van der Waals surface area (Å²) in [4.78, 5) is 4.66. The second kappa shape index (κ2) is 10.8. The number of hydrogen-bond donors (Lipinski definition) is 2. The normalized spacial score (nSPS) is 11.4. The van der Waals surface area contributed by atoms with E-state index in [1.54, 1.807) is 0 Å². The van der Waals surface area contributed by atoms with Crippen LogP contribution in [0.15, 0.2) is 53.7 Å². The Morgan fingerprint density at radius 3 is 2.79 bits per heavy atom. The summed E-state index contributed by atoms with van der Waals surface area (Å²) in [5.41, 5.74) is 1.93. The van der Waals surface area contributed by atoms with Crippen molar-refractivity contribution in [2.45, 2.75) is 40.0 Å². The standard InChI is InChI=1S/C20H26N6O.HI/c1-4-21-20(22-13-16-8-7-9-17(12-16)27-15(2)3)23-14-19-25-24-18-10-5-6-11-26(18)19;/h5-12,15H,4,13-14H2,1-3H3,(H2,21,22,23);1H. The van der Waals surface area contributed by atoms with E-state index in [-0.39, 0.29) is 30.1 Å². The number of hydrogen-bond acceptors (Lipinski definition) is 4. The number of aliphatic imine (C=N–C) groups is 1.